The Bertz CT molecular complexity index is 536. The monoisotopic (exact) mass is 368 g/mol. The summed E-state index contributed by atoms with van der Waals surface area (Å²) in [5.41, 5.74) is 3.55. The molecule has 0 radical (unpaired) electrons. The van der Waals surface area contributed by atoms with Crippen molar-refractivity contribution in [3.63, 3.8) is 0 Å². The van der Waals surface area contributed by atoms with E-state index in [0.29, 0.717) is 5.41 Å². The first kappa shape index (κ1) is 20.9. The van der Waals surface area contributed by atoms with Gasteiger partial charge < -0.3 is 0 Å². The van der Waals surface area contributed by atoms with Crippen LogP contribution in [0.4, 0.5) is 0 Å². The van der Waals surface area contributed by atoms with Crippen LogP contribution in [0.15, 0.2) is 24.3 Å². The maximum atomic E-state index is 2.45. The first-order valence-corrected chi connectivity index (χ1v) is 12.1. The predicted octanol–water partition coefficient (Wildman–Crippen LogP) is 8.55. The molecule has 0 saturated heterocycles. The molecule has 152 valence electrons. The van der Waals surface area contributed by atoms with E-state index in [9.17, 15) is 0 Å². The summed E-state index contributed by atoms with van der Waals surface area (Å²) in [5, 5.41) is 0. The molecule has 2 aliphatic rings. The van der Waals surface area contributed by atoms with Gasteiger partial charge in [-0.05, 0) is 85.2 Å². The average molecular weight is 369 g/mol. The van der Waals surface area contributed by atoms with Gasteiger partial charge in [-0.3, -0.25) is 0 Å². The van der Waals surface area contributed by atoms with E-state index in [1.54, 1.807) is 5.56 Å². The van der Waals surface area contributed by atoms with Crippen molar-refractivity contribution in [1.82, 2.24) is 0 Å². The van der Waals surface area contributed by atoms with Crippen molar-refractivity contribution >= 4 is 0 Å². The first-order chi connectivity index (χ1) is 13.0. The highest BCUT2D eigenvalue weighted by atomic mass is 14.4. The molecule has 3 rings (SSSR count). The molecule has 0 unspecified atom stereocenters. The Balaban J connectivity index is 1.46. The Morgan fingerprint density at radius 2 is 1.33 bits per heavy atom. The normalized spacial score (nSPS) is 29.6. The summed E-state index contributed by atoms with van der Waals surface area (Å²) >= 11 is 0. The lowest BCUT2D eigenvalue weighted by atomic mass is 9.68. The van der Waals surface area contributed by atoms with Crippen LogP contribution in [0.2, 0.25) is 0 Å². The topological polar surface area (TPSA) is 0 Å². The van der Waals surface area contributed by atoms with E-state index < -0.39 is 0 Å². The summed E-state index contributed by atoms with van der Waals surface area (Å²) in [4.78, 5) is 0. The Morgan fingerprint density at radius 3 is 1.85 bits per heavy atom. The molecule has 0 N–H and O–H groups in total. The number of hydrogen-bond donors (Lipinski definition) is 0. The van der Waals surface area contributed by atoms with Crippen LogP contribution >= 0.6 is 0 Å². The number of rotatable bonds is 7. The second-order valence-electron chi connectivity index (χ2n) is 10.6. The molecule has 0 heterocycles. The van der Waals surface area contributed by atoms with Gasteiger partial charge in [0.25, 0.3) is 0 Å². The zero-order valence-corrected chi connectivity index (χ0v) is 18.6. The summed E-state index contributed by atoms with van der Waals surface area (Å²) in [7, 11) is 0. The molecule has 0 bridgehead atoms. The van der Waals surface area contributed by atoms with Crippen molar-refractivity contribution in [2.45, 2.75) is 111 Å². The average Bonchev–Trinajstić information content (AvgIpc) is 2.69. The van der Waals surface area contributed by atoms with Gasteiger partial charge in [0.05, 0.1) is 0 Å². The molecule has 0 amide bonds. The van der Waals surface area contributed by atoms with Crippen LogP contribution in [0.1, 0.15) is 115 Å². The zero-order valence-electron chi connectivity index (χ0n) is 18.6. The van der Waals surface area contributed by atoms with Crippen molar-refractivity contribution in [3.8, 4) is 0 Å². The van der Waals surface area contributed by atoms with Gasteiger partial charge in [-0.15, -0.1) is 0 Å². The van der Waals surface area contributed by atoms with Gasteiger partial charge >= 0.3 is 0 Å². The Kier molecular flexibility index (Phi) is 7.46. The van der Waals surface area contributed by atoms with Crippen LogP contribution in [-0.4, -0.2) is 0 Å². The van der Waals surface area contributed by atoms with Gasteiger partial charge in [-0.2, -0.15) is 0 Å². The Morgan fingerprint density at radius 1 is 0.778 bits per heavy atom. The molecule has 0 nitrogen and oxygen atoms in total. The third-order valence-electron chi connectivity index (χ3n) is 8.12. The standard InChI is InChI=1S/C27H44/c1-5-7-21-8-12-23(13-9-21)25-16-18-26(19-17-25)24-14-10-22(11-15-24)20-27(3,4)6-2/h10-11,14-15,21,23,25-26H,5-9,12-13,16-20H2,1-4H3. The minimum Gasteiger partial charge on any atom is -0.0654 e. The predicted molar refractivity (Wildman–Crippen MR) is 119 cm³/mol. The van der Waals surface area contributed by atoms with Crippen molar-refractivity contribution in [1.29, 1.82) is 0 Å². The van der Waals surface area contributed by atoms with E-state index in [2.05, 4.69) is 52.0 Å². The molecule has 1 aromatic rings. The Labute approximate surface area is 169 Å². The molecule has 2 aliphatic carbocycles. The number of benzene rings is 1. The second kappa shape index (κ2) is 9.62. The van der Waals surface area contributed by atoms with E-state index in [-0.39, 0.29) is 0 Å². The van der Waals surface area contributed by atoms with Crippen LogP contribution in [-0.2, 0) is 6.42 Å². The fourth-order valence-corrected chi connectivity index (χ4v) is 5.87. The van der Waals surface area contributed by atoms with Gasteiger partial charge in [0.15, 0.2) is 0 Å². The lowest BCUT2D eigenvalue weighted by molar-refractivity contribution is 0.156. The highest BCUT2D eigenvalue weighted by Crippen LogP contribution is 2.44. The number of hydrogen-bond acceptors (Lipinski definition) is 0. The molecule has 2 fully saturated rings. The second-order valence-corrected chi connectivity index (χ2v) is 10.6. The van der Waals surface area contributed by atoms with E-state index in [1.165, 1.54) is 82.6 Å². The highest BCUT2D eigenvalue weighted by Gasteiger charge is 2.31. The van der Waals surface area contributed by atoms with Crippen LogP contribution in [0.5, 0.6) is 0 Å². The van der Waals surface area contributed by atoms with E-state index >= 15 is 0 Å². The van der Waals surface area contributed by atoms with Gasteiger partial charge in [0, 0.05) is 0 Å². The summed E-state index contributed by atoms with van der Waals surface area (Å²) in [6.45, 7) is 9.43. The quantitative estimate of drug-likeness (QED) is 0.452. The Hall–Kier alpha value is -0.780. The molecule has 0 spiro atoms. The van der Waals surface area contributed by atoms with Crippen LogP contribution in [0.3, 0.4) is 0 Å². The van der Waals surface area contributed by atoms with Gasteiger partial charge in [0.2, 0.25) is 0 Å². The summed E-state index contributed by atoms with van der Waals surface area (Å²) in [6.07, 6.45) is 17.2. The van der Waals surface area contributed by atoms with E-state index in [1.807, 2.05) is 0 Å². The lowest BCUT2D eigenvalue weighted by Crippen LogP contribution is -2.25. The fourth-order valence-electron chi connectivity index (χ4n) is 5.87. The van der Waals surface area contributed by atoms with Gasteiger partial charge in [-0.1, -0.05) is 84.1 Å². The molecular weight excluding hydrogens is 324 g/mol. The van der Waals surface area contributed by atoms with Crippen LogP contribution in [0.25, 0.3) is 0 Å². The van der Waals surface area contributed by atoms with Gasteiger partial charge in [-0.25, -0.2) is 0 Å². The molecule has 2 saturated carbocycles. The van der Waals surface area contributed by atoms with E-state index in [0.717, 1.165) is 23.7 Å². The molecular formula is C27H44. The molecule has 0 atom stereocenters. The summed E-state index contributed by atoms with van der Waals surface area (Å²) in [6, 6.07) is 9.71. The first-order valence-electron chi connectivity index (χ1n) is 12.1. The van der Waals surface area contributed by atoms with Crippen molar-refractivity contribution < 1.29 is 0 Å². The third kappa shape index (κ3) is 5.85. The van der Waals surface area contributed by atoms with E-state index in [4.69, 9.17) is 0 Å². The highest BCUT2D eigenvalue weighted by molar-refractivity contribution is 5.26. The van der Waals surface area contributed by atoms with Crippen molar-refractivity contribution in [2.24, 2.45) is 23.2 Å². The zero-order chi connectivity index (χ0) is 19.3. The van der Waals surface area contributed by atoms with Crippen LogP contribution < -0.4 is 0 Å². The van der Waals surface area contributed by atoms with Crippen molar-refractivity contribution in [3.05, 3.63) is 35.4 Å². The molecule has 0 heteroatoms. The molecule has 27 heavy (non-hydrogen) atoms. The maximum absolute atomic E-state index is 2.45. The lowest BCUT2D eigenvalue weighted by Gasteiger charge is -2.38. The molecule has 0 aliphatic heterocycles. The fraction of sp³-hybridized carbons (Fsp3) is 0.778. The maximum Gasteiger partial charge on any atom is -0.0162 e. The minimum atomic E-state index is 0.426. The minimum absolute atomic E-state index is 0.426. The molecule has 1 aromatic carbocycles. The molecule has 0 aromatic heterocycles. The van der Waals surface area contributed by atoms with Crippen molar-refractivity contribution in [2.75, 3.05) is 0 Å². The summed E-state index contributed by atoms with van der Waals surface area (Å²) in [5.74, 6) is 3.97. The third-order valence-corrected chi connectivity index (χ3v) is 8.12. The smallest absolute Gasteiger partial charge is 0.0162 e. The van der Waals surface area contributed by atoms with Crippen LogP contribution in [0, 0.1) is 23.2 Å². The SMILES string of the molecule is CCCC1CCC(C2CCC(c3ccc(CC(C)(C)CC)cc3)CC2)CC1. The summed E-state index contributed by atoms with van der Waals surface area (Å²) < 4.78 is 0. The largest absolute Gasteiger partial charge is 0.0654 e. The van der Waals surface area contributed by atoms with Gasteiger partial charge in [0.1, 0.15) is 0 Å².